The van der Waals surface area contributed by atoms with E-state index in [2.05, 4.69) is 24.1 Å². The van der Waals surface area contributed by atoms with Gasteiger partial charge in [-0.3, -0.25) is 9.59 Å². The van der Waals surface area contributed by atoms with Crippen LogP contribution in [0.5, 0.6) is 0 Å². The Bertz CT molecular complexity index is 644. The average molecular weight is 298 g/mol. The zero-order valence-corrected chi connectivity index (χ0v) is 13.2. The maximum absolute atomic E-state index is 12.4. The van der Waals surface area contributed by atoms with Crippen molar-refractivity contribution < 1.29 is 9.59 Å². The second-order valence-corrected chi connectivity index (χ2v) is 5.92. The summed E-state index contributed by atoms with van der Waals surface area (Å²) in [5.41, 5.74) is 2.02. The van der Waals surface area contributed by atoms with E-state index >= 15 is 0 Å². The zero-order valence-electron chi connectivity index (χ0n) is 13.2. The van der Waals surface area contributed by atoms with Crippen LogP contribution in [0, 0.1) is 5.92 Å². The zero-order chi connectivity index (χ0) is 16.1. The molecule has 1 aromatic carbocycles. The van der Waals surface area contributed by atoms with E-state index in [9.17, 15) is 9.59 Å². The summed E-state index contributed by atoms with van der Waals surface area (Å²) in [5, 5.41) is 3.05. The number of aromatic nitrogens is 1. The lowest BCUT2D eigenvalue weighted by atomic mass is 9.97. The van der Waals surface area contributed by atoms with Gasteiger partial charge in [0.2, 0.25) is 0 Å². The normalized spacial score (nSPS) is 12.2. The molecule has 0 spiro atoms. The molecule has 22 heavy (non-hydrogen) atoms. The van der Waals surface area contributed by atoms with Gasteiger partial charge >= 0.3 is 0 Å². The van der Waals surface area contributed by atoms with Crippen molar-refractivity contribution >= 4 is 11.7 Å². The molecule has 1 aromatic heterocycles. The number of carbonyl (C=O) groups excluding carboxylic acids is 2. The highest BCUT2D eigenvalue weighted by molar-refractivity contribution is 5.99. The van der Waals surface area contributed by atoms with Crippen molar-refractivity contribution in [3.05, 3.63) is 59.4 Å². The third kappa shape index (κ3) is 4.07. The van der Waals surface area contributed by atoms with Crippen LogP contribution < -0.4 is 5.32 Å². The van der Waals surface area contributed by atoms with E-state index in [-0.39, 0.29) is 17.7 Å². The molecule has 0 saturated carbocycles. The Morgan fingerprint density at radius 1 is 1.18 bits per heavy atom. The van der Waals surface area contributed by atoms with E-state index in [0.717, 1.165) is 12.0 Å². The number of ketones is 1. The molecule has 2 N–H and O–H groups in total. The summed E-state index contributed by atoms with van der Waals surface area (Å²) in [5.74, 6) is 0.209. The highest BCUT2D eigenvalue weighted by atomic mass is 16.2. The van der Waals surface area contributed by atoms with Gasteiger partial charge in [0.1, 0.15) is 5.69 Å². The van der Waals surface area contributed by atoms with E-state index in [1.807, 2.05) is 30.3 Å². The van der Waals surface area contributed by atoms with Crippen LogP contribution in [-0.2, 0) is 0 Å². The monoisotopic (exact) mass is 298 g/mol. The van der Waals surface area contributed by atoms with Crippen LogP contribution in [0.1, 0.15) is 59.6 Å². The number of carbonyl (C=O) groups is 2. The Balaban J connectivity index is 2.15. The molecule has 2 rings (SSSR count). The lowest BCUT2D eigenvalue weighted by Gasteiger charge is -2.20. The summed E-state index contributed by atoms with van der Waals surface area (Å²) in [6.07, 6.45) is 2.42. The smallest absolute Gasteiger partial charge is 0.268 e. The molecular weight excluding hydrogens is 276 g/mol. The predicted molar refractivity (Wildman–Crippen MR) is 86.9 cm³/mol. The van der Waals surface area contributed by atoms with Crippen LogP contribution in [-0.4, -0.2) is 16.7 Å². The Kier molecular flexibility index (Phi) is 5.15. The maximum atomic E-state index is 12.4. The Labute approximate surface area is 130 Å². The summed E-state index contributed by atoms with van der Waals surface area (Å²) in [4.78, 5) is 26.6. The summed E-state index contributed by atoms with van der Waals surface area (Å²) in [6.45, 7) is 5.74. The third-order valence-electron chi connectivity index (χ3n) is 3.55. The van der Waals surface area contributed by atoms with Crippen molar-refractivity contribution in [1.29, 1.82) is 0 Å². The Hall–Kier alpha value is -2.36. The summed E-state index contributed by atoms with van der Waals surface area (Å²) >= 11 is 0. The number of amides is 1. The molecular formula is C18H22N2O2. The number of aromatic amines is 1. The first-order valence-electron chi connectivity index (χ1n) is 7.52. The van der Waals surface area contributed by atoms with Gasteiger partial charge in [-0.15, -0.1) is 0 Å². The number of hydrogen-bond acceptors (Lipinski definition) is 2. The van der Waals surface area contributed by atoms with E-state index in [0.29, 0.717) is 17.2 Å². The minimum atomic E-state index is -0.193. The van der Waals surface area contributed by atoms with Crippen molar-refractivity contribution in [1.82, 2.24) is 10.3 Å². The van der Waals surface area contributed by atoms with Crippen molar-refractivity contribution in [2.45, 2.75) is 33.2 Å². The molecule has 1 unspecified atom stereocenters. The van der Waals surface area contributed by atoms with E-state index < -0.39 is 0 Å². The standard InChI is InChI=1S/C18H22N2O2/c1-12(2)9-16(14-7-5-4-6-8-14)20-18(22)17-10-15(11-19-17)13(3)21/h4-8,10-12,16,19H,9H2,1-3H3,(H,20,22). The Morgan fingerprint density at radius 2 is 1.86 bits per heavy atom. The summed E-state index contributed by atoms with van der Waals surface area (Å²) in [6, 6.07) is 11.5. The maximum Gasteiger partial charge on any atom is 0.268 e. The molecule has 0 saturated heterocycles. The lowest BCUT2D eigenvalue weighted by molar-refractivity contribution is 0.0927. The molecule has 0 fully saturated rings. The van der Waals surface area contributed by atoms with Gasteiger partial charge in [0, 0.05) is 11.8 Å². The Morgan fingerprint density at radius 3 is 2.41 bits per heavy atom. The fraction of sp³-hybridized carbons (Fsp3) is 0.333. The topological polar surface area (TPSA) is 62.0 Å². The van der Waals surface area contributed by atoms with Crippen molar-refractivity contribution in [3.63, 3.8) is 0 Å². The lowest BCUT2D eigenvalue weighted by Crippen LogP contribution is -2.29. The van der Waals surface area contributed by atoms with E-state index in [1.165, 1.54) is 6.92 Å². The largest absolute Gasteiger partial charge is 0.356 e. The van der Waals surface area contributed by atoms with Crippen LogP contribution in [0.4, 0.5) is 0 Å². The molecule has 4 nitrogen and oxygen atoms in total. The fourth-order valence-corrected chi connectivity index (χ4v) is 2.40. The highest BCUT2D eigenvalue weighted by Gasteiger charge is 2.18. The molecule has 4 heteroatoms. The van der Waals surface area contributed by atoms with Gasteiger partial charge in [0.05, 0.1) is 6.04 Å². The van der Waals surface area contributed by atoms with Crippen molar-refractivity contribution in [2.75, 3.05) is 0 Å². The predicted octanol–water partition coefficient (Wildman–Crippen LogP) is 3.73. The van der Waals surface area contributed by atoms with E-state index in [1.54, 1.807) is 12.3 Å². The molecule has 2 aromatic rings. The highest BCUT2D eigenvalue weighted by Crippen LogP contribution is 2.21. The number of benzene rings is 1. The molecule has 1 heterocycles. The quantitative estimate of drug-likeness (QED) is 0.798. The number of nitrogens with one attached hydrogen (secondary N) is 2. The summed E-state index contributed by atoms with van der Waals surface area (Å²) in [7, 11) is 0. The average Bonchev–Trinajstić information content (AvgIpc) is 2.97. The van der Waals surface area contributed by atoms with Gasteiger partial charge in [0.15, 0.2) is 5.78 Å². The second kappa shape index (κ2) is 7.07. The molecule has 0 bridgehead atoms. The number of H-pyrrole nitrogens is 1. The number of hydrogen-bond donors (Lipinski definition) is 2. The van der Waals surface area contributed by atoms with Gasteiger partial charge < -0.3 is 10.3 Å². The van der Waals surface area contributed by atoms with Crippen molar-refractivity contribution in [2.24, 2.45) is 5.92 Å². The van der Waals surface area contributed by atoms with Crippen LogP contribution in [0.25, 0.3) is 0 Å². The first kappa shape index (κ1) is 16.0. The number of Topliss-reactive ketones (excluding diaryl/α,β-unsaturated/α-hetero) is 1. The molecule has 116 valence electrons. The van der Waals surface area contributed by atoms with Gasteiger partial charge in [-0.05, 0) is 30.9 Å². The molecule has 1 amide bonds. The first-order chi connectivity index (χ1) is 10.5. The van der Waals surface area contributed by atoms with Crippen LogP contribution in [0.2, 0.25) is 0 Å². The van der Waals surface area contributed by atoms with Crippen LogP contribution >= 0.6 is 0 Å². The molecule has 0 radical (unpaired) electrons. The molecule has 0 aliphatic heterocycles. The fourth-order valence-electron chi connectivity index (χ4n) is 2.40. The second-order valence-electron chi connectivity index (χ2n) is 5.92. The van der Waals surface area contributed by atoms with E-state index in [4.69, 9.17) is 0 Å². The molecule has 0 aliphatic carbocycles. The minimum Gasteiger partial charge on any atom is -0.356 e. The van der Waals surface area contributed by atoms with Gasteiger partial charge in [-0.2, -0.15) is 0 Å². The van der Waals surface area contributed by atoms with Gasteiger partial charge in [-0.1, -0.05) is 44.2 Å². The van der Waals surface area contributed by atoms with Gasteiger partial charge in [-0.25, -0.2) is 0 Å². The third-order valence-corrected chi connectivity index (χ3v) is 3.55. The SMILES string of the molecule is CC(=O)c1c[nH]c(C(=O)NC(CC(C)C)c2ccccc2)c1. The van der Waals surface area contributed by atoms with Crippen molar-refractivity contribution in [3.8, 4) is 0 Å². The van der Waals surface area contributed by atoms with Gasteiger partial charge in [0.25, 0.3) is 5.91 Å². The van der Waals surface area contributed by atoms with Crippen LogP contribution in [0.3, 0.4) is 0 Å². The summed E-state index contributed by atoms with van der Waals surface area (Å²) < 4.78 is 0. The minimum absolute atomic E-state index is 0.0437. The molecule has 1 atom stereocenters. The molecule has 0 aliphatic rings. The first-order valence-corrected chi connectivity index (χ1v) is 7.52. The number of rotatable bonds is 6. The van der Waals surface area contributed by atoms with Crippen LogP contribution in [0.15, 0.2) is 42.6 Å².